The maximum Gasteiger partial charge on any atom is 0.220 e. The fourth-order valence-corrected chi connectivity index (χ4v) is 7.23. The summed E-state index contributed by atoms with van der Waals surface area (Å²) < 4.78 is 0. The highest BCUT2D eigenvalue weighted by atomic mass is 16.3. The van der Waals surface area contributed by atoms with Crippen LogP contribution in [0.5, 0.6) is 0 Å². The van der Waals surface area contributed by atoms with E-state index < -0.39 is 18.2 Å². The van der Waals surface area contributed by atoms with Gasteiger partial charge in [0.2, 0.25) is 5.91 Å². The first-order chi connectivity index (χ1) is 26.6. The maximum atomic E-state index is 12.4. The van der Waals surface area contributed by atoms with E-state index >= 15 is 0 Å². The Hall–Kier alpha value is -1.43. The average molecular weight is 760 g/mol. The fraction of sp³-hybridized carbons (Fsp3) is 0.857. The molecule has 0 aromatic heterocycles. The van der Waals surface area contributed by atoms with Gasteiger partial charge in [-0.05, 0) is 77.0 Å². The molecule has 0 aliphatic rings. The molecule has 0 aromatic carbocycles. The summed E-state index contributed by atoms with van der Waals surface area (Å²) in [5.74, 6) is -0.162. The summed E-state index contributed by atoms with van der Waals surface area (Å²) in [6, 6.07) is -0.834. The van der Waals surface area contributed by atoms with E-state index in [9.17, 15) is 20.1 Å². The fourth-order valence-electron chi connectivity index (χ4n) is 7.23. The van der Waals surface area contributed by atoms with E-state index in [1.54, 1.807) is 0 Å². The molecule has 1 amide bonds. The molecule has 0 aliphatic heterocycles. The van der Waals surface area contributed by atoms with E-state index in [4.69, 9.17) is 0 Å². The number of carbonyl (C=O) groups excluding carboxylic acids is 1. The number of rotatable bonds is 43. The van der Waals surface area contributed by atoms with Crippen molar-refractivity contribution in [1.29, 1.82) is 0 Å². The highest BCUT2D eigenvalue weighted by molar-refractivity contribution is 5.76. The number of aliphatic hydroxyl groups excluding tert-OH is 3. The van der Waals surface area contributed by atoms with Crippen LogP contribution in [0.3, 0.4) is 0 Å². The standard InChI is InChI=1S/C49H93NO4/c1-3-5-7-9-11-13-15-17-19-21-23-25-27-29-31-33-35-37-39-41-43-47(52)49(54)46(45-51)50-48(53)44-42-40-38-36-34-32-30-28-26-24-22-20-18-16-14-12-10-8-6-4-2/h24,26-27,29,35,37,46-47,49,51-52,54H,3-23,25,28,30-34,36,38-45H2,1-2H3,(H,50,53)/b26-24-,29-27+,37-35+. The number of hydrogen-bond acceptors (Lipinski definition) is 4. The lowest BCUT2D eigenvalue weighted by Gasteiger charge is -2.26. The summed E-state index contributed by atoms with van der Waals surface area (Å²) in [5, 5.41) is 33.6. The van der Waals surface area contributed by atoms with Gasteiger partial charge in [-0.15, -0.1) is 0 Å². The van der Waals surface area contributed by atoms with Crippen molar-refractivity contribution in [2.24, 2.45) is 0 Å². The minimum atomic E-state index is -1.17. The molecule has 0 fully saturated rings. The van der Waals surface area contributed by atoms with Gasteiger partial charge >= 0.3 is 0 Å². The minimum Gasteiger partial charge on any atom is -0.394 e. The molecule has 0 spiro atoms. The Morgan fingerprint density at radius 1 is 0.444 bits per heavy atom. The van der Waals surface area contributed by atoms with Crippen LogP contribution in [0.25, 0.3) is 0 Å². The molecule has 3 unspecified atom stereocenters. The molecule has 0 saturated carbocycles. The van der Waals surface area contributed by atoms with E-state index in [-0.39, 0.29) is 12.5 Å². The summed E-state index contributed by atoms with van der Waals surface area (Å²) in [5.41, 5.74) is 0. The van der Waals surface area contributed by atoms with Crippen molar-refractivity contribution in [3.8, 4) is 0 Å². The van der Waals surface area contributed by atoms with Gasteiger partial charge < -0.3 is 20.6 Å². The molecule has 0 aliphatic carbocycles. The third-order valence-corrected chi connectivity index (χ3v) is 10.9. The minimum absolute atomic E-state index is 0.162. The van der Waals surface area contributed by atoms with E-state index in [0.717, 1.165) is 44.9 Å². The Kier molecular flexibility index (Phi) is 43.1. The van der Waals surface area contributed by atoms with Crippen molar-refractivity contribution in [2.75, 3.05) is 6.61 Å². The van der Waals surface area contributed by atoms with E-state index in [2.05, 4.69) is 55.6 Å². The third-order valence-electron chi connectivity index (χ3n) is 10.9. The normalized spacial score (nSPS) is 13.8. The number of carbonyl (C=O) groups is 1. The van der Waals surface area contributed by atoms with Crippen LogP contribution >= 0.6 is 0 Å². The Balaban J connectivity index is 3.68. The second-order valence-corrected chi connectivity index (χ2v) is 16.3. The monoisotopic (exact) mass is 760 g/mol. The lowest BCUT2D eigenvalue weighted by Crippen LogP contribution is -2.50. The van der Waals surface area contributed by atoms with Crippen LogP contribution in [0, 0.1) is 0 Å². The molecule has 0 rings (SSSR count). The Morgan fingerprint density at radius 2 is 0.759 bits per heavy atom. The quantitative estimate of drug-likeness (QED) is 0.0368. The summed E-state index contributed by atoms with van der Waals surface area (Å²) in [7, 11) is 0. The molecular formula is C49H93NO4. The molecule has 0 aromatic rings. The molecule has 4 N–H and O–H groups in total. The Labute approximate surface area is 336 Å². The third kappa shape index (κ3) is 38.8. The van der Waals surface area contributed by atoms with Gasteiger partial charge in [0.25, 0.3) is 0 Å². The molecular weight excluding hydrogens is 667 g/mol. The van der Waals surface area contributed by atoms with Gasteiger partial charge in [-0.25, -0.2) is 0 Å². The number of amides is 1. The van der Waals surface area contributed by atoms with Gasteiger partial charge in [0, 0.05) is 6.42 Å². The second-order valence-electron chi connectivity index (χ2n) is 16.3. The van der Waals surface area contributed by atoms with E-state index in [1.807, 2.05) is 0 Å². The van der Waals surface area contributed by atoms with Crippen LogP contribution in [0.1, 0.15) is 245 Å². The van der Waals surface area contributed by atoms with Crippen LogP contribution in [0.2, 0.25) is 0 Å². The molecule has 0 saturated heterocycles. The molecule has 54 heavy (non-hydrogen) atoms. The smallest absolute Gasteiger partial charge is 0.220 e. The van der Waals surface area contributed by atoms with Crippen molar-refractivity contribution in [3.05, 3.63) is 36.5 Å². The SMILES string of the molecule is CCCCCCCCCCC/C=C\CCCCCCCCCC(=O)NC(CO)C(O)C(O)CCC/C=C/CC/C=C/CCCCCCCCCCCCC. The molecule has 0 bridgehead atoms. The first kappa shape index (κ1) is 52.6. The summed E-state index contributed by atoms with van der Waals surface area (Å²) in [4.78, 5) is 12.4. The maximum absolute atomic E-state index is 12.4. The predicted octanol–water partition coefficient (Wildman–Crippen LogP) is 13.9. The molecule has 0 heterocycles. The number of unbranched alkanes of at least 4 members (excludes halogenated alkanes) is 29. The van der Waals surface area contributed by atoms with Gasteiger partial charge in [-0.2, -0.15) is 0 Å². The number of aliphatic hydroxyl groups is 3. The second kappa shape index (κ2) is 44.3. The van der Waals surface area contributed by atoms with Crippen molar-refractivity contribution in [2.45, 2.75) is 263 Å². The first-order valence-electron chi connectivity index (χ1n) is 23.8. The molecule has 3 atom stereocenters. The molecule has 318 valence electrons. The lowest BCUT2D eigenvalue weighted by molar-refractivity contribution is -0.124. The van der Waals surface area contributed by atoms with Gasteiger partial charge in [0.1, 0.15) is 6.10 Å². The molecule has 5 heteroatoms. The molecule has 0 radical (unpaired) electrons. The van der Waals surface area contributed by atoms with Gasteiger partial charge in [0.15, 0.2) is 0 Å². The zero-order chi connectivity index (χ0) is 39.4. The number of nitrogens with one attached hydrogen (secondary N) is 1. The van der Waals surface area contributed by atoms with Gasteiger partial charge in [0.05, 0.1) is 18.8 Å². The zero-order valence-corrected chi connectivity index (χ0v) is 36.1. The highest BCUT2D eigenvalue weighted by Crippen LogP contribution is 2.15. The summed E-state index contributed by atoms with van der Waals surface area (Å²) in [6.45, 7) is 4.17. The summed E-state index contributed by atoms with van der Waals surface area (Å²) in [6.07, 6.45) is 55.5. The van der Waals surface area contributed by atoms with Gasteiger partial charge in [-0.3, -0.25) is 4.79 Å². The van der Waals surface area contributed by atoms with Crippen LogP contribution < -0.4 is 5.32 Å². The van der Waals surface area contributed by atoms with Crippen molar-refractivity contribution in [3.63, 3.8) is 0 Å². The van der Waals surface area contributed by atoms with Crippen LogP contribution in [0.4, 0.5) is 0 Å². The number of hydrogen-bond donors (Lipinski definition) is 4. The van der Waals surface area contributed by atoms with E-state index in [1.165, 1.54) is 173 Å². The average Bonchev–Trinajstić information content (AvgIpc) is 3.18. The van der Waals surface area contributed by atoms with Crippen LogP contribution in [-0.4, -0.2) is 46.1 Å². The van der Waals surface area contributed by atoms with Crippen molar-refractivity contribution >= 4 is 5.91 Å². The zero-order valence-electron chi connectivity index (χ0n) is 36.1. The lowest BCUT2D eigenvalue weighted by atomic mass is 10.0. The van der Waals surface area contributed by atoms with Crippen LogP contribution in [-0.2, 0) is 4.79 Å². The highest BCUT2D eigenvalue weighted by Gasteiger charge is 2.26. The topological polar surface area (TPSA) is 89.8 Å². The van der Waals surface area contributed by atoms with Crippen molar-refractivity contribution < 1.29 is 20.1 Å². The Morgan fingerprint density at radius 3 is 1.13 bits per heavy atom. The first-order valence-corrected chi connectivity index (χ1v) is 23.8. The van der Waals surface area contributed by atoms with Crippen LogP contribution in [0.15, 0.2) is 36.5 Å². The summed E-state index contributed by atoms with van der Waals surface area (Å²) >= 11 is 0. The Bertz CT molecular complexity index is 840. The largest absolute Gasteiger partial charge is 0.394 e. The number of allylic oxidation sites excluding steroid dienone is 6. The van der Waals surface area contributed by atoms with Crippen molar-refractivity contribution in [1.82, 2.24) is 5.32 Å². The van der Waals surface area contributed by atoms with E-state index in [0.29, 0.717) is 12.8 Å². The molecule has 5 nitrogen and oxygen atoms in total. The predicted molar refractivity (Wildman–Crippen MR) is 236 cm³/mol. The van der Waals surface area contributed by atoms with Gasteiger partial charge in [-0.1, -0.05) is 198 Å².